The Balaban J connectivity index is 1.58. The second-order valence-electron chi connectivity index (χ2n) is 6.16. The van der Waals surface area contributed by atoms with Crippen molar-refractivity contribution < 1.29 is 13.2 Å². The molecule has 26 heavy (non-hydrogen) atoms. The van der Waals surface area contributed by atoms with Crippen molar-refractivity contribution in [2.75, 3.05) is 17.6 Å². The SMILES string of the molecule is N#Cc1cccc(NC(=O)CCS(=O)(=O)N2CCc3ccccc3C2)c1. The smallest absolute Gasteiger partial charge is 0.225 e. The van der Waals surface area contributed by atoms with E-state index in [4.69, 9.17) is 5.26 Å². The molecule has 0 saturated heterocycles. The number of hydrogen-bond donors (Lipinski definition) is 1. The maximum atomic E-state index is 12.6. The van der Waals surface area contributed by atoms with Gasteiger partial charge < -0.3 is 5.32 Å². The van der Waals surface area contributed by atoms with E-state index in [1.807, 2.05) is 30.3 Å². The van der Waals surface area contributed by atoms with E-state index in [2.05, 4.69) is 5.32 Å². The summed E-state index contributed by atoms with van der Waals surface area (Å²) in [6, 6.07) is 16.3. The van der Waals surface area contributed by atoms with Crippen molar-refractivity contribution in [1.29, 1.82) is 5.26 Å². The number of anilines is 1. The normalized spacial score (nSPS) is 14.3. The number of sulfonamides is 1. The van der Waals surface area contributed by atoms with Gasteiger partial charge in [-0.2, -0.15) is 9.57 Å². The van der Waals surface area contributed by atoms with E-state index >= 15 is 0 Å². The van der Waals surface area contributed by atoms with Crippen LogP contribution in [0, 0.1) is 11.3 Å². The average molecular weight is 369 g/mol. The number of nitriles is 1. The third kappa shape index (κ3) is 4.28. The highest BCUT2D eigenvalue weighted by molar-refractivity contribution is 7.89. The molecule has 1 aliphatic rings. The van der Waals surface area contributed by atoms with Gasteiger partial charge in [0, 0.05) is 25.2 Å². The Morgan fingerprint density at radius 2 is 1.92 bits per heavy atom. The molecular weight excluding hydrogens is 350 g/mol. The molecule has 7 heteroatoms. The van der Waals surface area contributed by atoms with Crippen LogP contribution in [-0.4, -0.2) is 30.9 Å². The van der Waals surface area contributed by atoms with Crippen molar-refractivity contribution in [2.24, 2.45) is 0 Å². The zero-order valence-electron chi connectivity index (χ0n) is 14.2. The summed E-state index contributed by atoms with van der Waals surface area (Å²) in [5.74, 6) is -0.625. The zero-order valence-corrected chi connectivity index (χ0v) is 15.0. The van der Waals surface area contributed by atoms with E-state index in [0.717, 1.165) is 5.56 Å². The highest BCUT2D eigenvalue weighted by Gasteiger charge is 2.26. The summed E-state index contributed by atoms with van der Waals surface area (Å²) < 4.78 is 26.6. The largest absolute Gasteiger partial charge is 0.326 e. The standard InChI is InChI=1S/C19H19N3O3S/c20-13-15-4-3-7-18(12-15)21-19(23)9-11-26(24,25)22-10-8-16-5-1-2-6-17(16)14-22/h1-7,12H,8-11,14H2,(H,21,23). The maximum absolute atomic E-state index is 12.6. The van der Waals surface area contributed by atoms with E-state index in [1.165, 1.54) is 9.87 Å². The van der Waals surface area contributed by atoms with Crippen LogP contribution < -0.4 is 5.32 Å². The molecule has 0 fully saturated rings. The first-order chi connectivity index (χ1) is 12.5. The van der Waals surface area contributed by atoms with Gasteiger partial charge in [0.25, 0.3) is 0 Å². The number of benzene rings is 2. The quantitative estimate of drug-likeness (QED) is 0.875. The number of rotatable bonds is 5. The summed E-state index contributed by atoms with van der Waals surface area (Å²) in [6.07, 6.45) is 0.555. The number of hydrogen-bond acceptors (Lipinski definition) is 4. The predicted octanol–water partition coefficient (Wildman–Crippen LogP) is 2.27. The van der Waals surface area contributed by atoms with Crippen LogP contribution in [0.25, 0.3) is 0 Å². The van der Waals surface area contributed by atoms with Crippen LogP contribution in [-0.2, 0) is 27.8 Å². The molecule has 0 aliphatic carbocycles. The summed E-state index contributed by atoms with van der Waals surface area (Å²) in [5, 5.41) is 11.5. The predicted molar refractivity (Wildman–Crippen MR) is 98.7 cm³/mol. The average Bonchev–Trinajstić information content (AvgIpc) is 2.66. The highest BCUT2D eigenvalue weighted by Crippen LogP contribution is 2.21. The summed E-state index contributed by atoms with van der Waals surface area (Å²) >= 11 is 0. The lowest BCUT2D eigenvalue weighted by Gasteiger charge is -2.28. The van der Waals surface area contributed by atoms with Crippen LogP contribution in [0.5, 0.6) is 0 Å². The van der Waals surface area contributed by atoms with Crippen molar-refractivity contribution >= 4 is 21.6 Å². The van der Waals surface area contributed by atoms with Gasteiger partial charge in [-0.1, -0.05) is 30.3 Å². The lowest BCUT2D eigenvalue weighted by Crippen LogP contribution is -2.38. The first-order valence-electron chi connectivity index (χ1n) is 8.32. The molecule has 134 valence electrons. The third-order valence-corrected chi connectivity index (χ3v) is 6.17. The molecule has 0 bridgehead atoms. The Bertz CT molecular complexity index is 964. The van der Waals surface area contributed by atoms with Crippen LogP contribution in [0.1, 0.15) is 23.1 Å². The van der Waals surface area contributed by atoms with Gasteiger partial charge in [-0.25, -0.2) is 8.42 Å². The molecule has 0 unspecified atom stereocenters. The molecule has 1 aliphatic heterocycles. The molecule has 0 radical (unpaired) electrons. The maximum Gasteiger partial charge on any atom is 0.225 e. The summed E-state index contributed by atoms with van der Waals surface area (Å²) in [6.45, 7) is 0.787. The van der Waals surface area contributed by atoms with Crippen molar-refractivity contribution in [2.45, 2.75) is 19.4 Å². The number of carbonyl (C=O) groups excluding carboxylic acids is 1. The Morgan fingerprint density at radius 1 is 1.15 bits per heavy atom. The van der Waals surface area contributed by atoms with Crippen molar-refractivity contribution in [3.8, 4) is 6.07 Å². The molecule has 1 N–H and O–H groups in total. The molecule has 1 amide bonds. The lowest BCUT2D eigenvalue weighted by atomic mass is 10.0. The molecule has 0 spiro atoms. The van der Waals surface area contributed by atoms with Gasteiger partial charge in [0.05, 0.1) is 17.4 Å². The molecule has 0 saturated carbocycles. The number of nitrogens with zero attached hydrogens (tertiary/aromatic N) is 2. The fourth-order valence-corrected chi connectivity index (χ4v) is 4.35. The van der Waals surface area contributed by atoms with E-state index < -0.39 is 10.0 Å². The van der Waals surface area contributed by atoms with E-state index in [-0.39, 0.29) is 18.1 Å². The topological polar surface area (TPSA) is 90.3 Å². The van der Waals surface area contributed by atoms with E-state index in [0.29, 0.717) is 30.8 Å². The fourth-order valence-electron chi connectivity index (χ4n) is 2.95. The van der Waals surface area contributed by atoms with Gasteiger partial charge in [-0.3, -0.25) is 4.79 Å². The van der Waals surface area contributed by atoms with Gasteiger partial charge in [0.1, 0.15) is 0 Å². The minimum absolute atomic E-state index is 0.128. The lowest BCUT2D eigenvalue weighted by molar-refractivity contribution is -0.115. The van der Waals surface area contributed by atoms with E-state index in [1.54, 1.807) is 24.3 Å². The highest BCUT2D eigenvalue weighted by atomic mass is 32.2. The third-order valence-electron chi connectivity index (χ3n) is 4.35. The molecule has 6 nitrogen and oxygen atoms in total. The van der Waals surface area contributed by atoms with Gasteiger partial charge in [-0.15, -0.1) is 0 Å². The summed E-state index contributed by atoms with van der Waals surface area (Å²) in [4.78, 5) is 12.1. The Kier molecular flexibility index (Phi) is 5.35. The number of nitrogens with one attached hydrogen (secondary N) is 1. The second-order valence-corrected chi connectivity index (χ2v) is 8.25. The van der Waals surface area contributed by atoms with Gasteiger partial charge in [0.15, 0.2) is 0 Å². The van der Waals surface area contributed by atoms with Crippen molar-refractivity contribution in [1.82, 2.24) is 4.31 Å². The van der Waals surface area contributed by atoms with Crippen LogP contribution in [0.4, 0.5) is 5.69 Å². The van der Waals surface area contributed by atoms with Crippen LogP contribution in [0.15, 0.2) is 48.5 Å². The Labute approximate surface area is 153 Å². The molecule has 1 heterocycles. The fraction of sp³-hybridized carbons (Fsp3) is 0.263. The van der Waals surface area contributed by atoms with Gasteiger partial charge in [-0.05, 0) is 35.7 Å². The number of carbonyl (C=O) groups is 1. The Morgan fingerprint density at radius 3 is 2.69 bits per heavy atom. The molecule has 3 rings (SSSR count). The molecule has 2 aromatic rings. The summed E-state index contributed by atoms with van der Waals surface area (Å²) in [5.41, 5.74) is 3.11. The van der Waals surface area contributed by atoms with Crippen molar-refractivity contribution in [3.05, 3.63) is 65.2 Å². The molecular formula is C19H19N3O3S. The van der Waals surface area contributed by atoms with Gasteiger partial charge in [0.2, 0.25) is 15.9 Å². The minimum atomic E-state index is -3.51. The van der Waals surface area contributed by atoms with Gasteiger partial charge >= 0.3 is 0 Å². The first-order valence-corrected chi connectivity index (χ1v) is 9.93. The van der Waals surface area contributed by atoms with Crippen molar-refractivity contribution in [3.63, 3.8) is 0 Å². The number of fused-ring (bicyclic) bond motifs is 1. The minimum Gasteiger partial charge on any atom is -0.326 e. The molecule has 0 aromatic heterocycles. The molecule has 0 atom stereocenters. The molecule has 2 aromatic carbocycles. The zero-order chi connectivity index (χ0) is 18.6. The monoisotopic (exact) mass is 369 g/mol. The summed E-state index contributed by atoms with van der Waals surface area (Å²) in [7, 11) is -3.51. The van der Waals surface area contributed by atoms with Crippen LogP contribution in [0.3, 0.4) is 0 Å². The van der Waals surface area contributed by atoms with Crippen LogP contribution in [0.2, 0.25) is 0 Å². The first kappa shape index (κ1) is 18.1. The van der Waals surface area contributed by atoms with E-state index in [9.17, 15) is 13.2 Å². The Hall–Kier alpha value is -2.69. The second kappa shape index (κ2) is 7.68. The van der Waals surface area contributed by atoms with Crippen LogP contribution >= 0.6 is 0 Å². The number of amides is 1.